The molecule has 2 N–H and O–H groups in total. The number of nitrogens with zero attached hydrogens (tertiary/aromatic N) is 1. The number of anilines is 1. The van der Waals surface area contributed by atoms with E-state index in [1.54, 1.807) is 36.4 Å². The zero-order chi connectivity index (χ0) is 23.5. The Bertz CT molecular complexity index is 941. The molecular formula is C25H31N3O4S. The Labute approximate surface area is 200 Å². The van der Waals surface area contributed by atoms with E-state index >= 15 is 0 Å². The summed E-state index contributed by atoms with van der Waals surface area (Å²) >= 11 is 5.34. The Morgan fingerprint density at radius 3 is 2.36 bits per heavy atom. The summed E-state index contributed by atoms with van der Waals surface area (Å²) in [4.78, 5) is 27.6. The average Bonchev–Trinajstić information content (AvgIpc) is 3.12. The smallest absolute Gasteiger partial charge is 0.257 e. The van der Waals surface area contributed by atoms with Crippen molar-refractivity contribution in [2.45, 2.75) is 32.6 Å². The van der Waals surface area contributed by atoms with Gasteiger partial charge in [0.25, 0.3) is 11.8 Å². The lowest BCUT2D eigenvalue weighted by Gasteiger charge is -2.22. The third-order valence-electron chi connectivity index (χ3n) is 5.34. The molecular weight excluding hydrogens is 438 g/mol. The van der Waals surface area contributed by atoms with Gasteiger partial charge in [0, 0.05) is 25.3 Å². The first-order valence-corrected chi connectivity index (χ1v) is 11.8. The maximum absolute atomic E-state index is 13.1. The van der Waals surface area contributed by atoms with Crippen LogP contribution in [0.25, 0.3) is 0 Å². The van der Waals surface area contributed by atoms with E-state index in [1.165, 1.54) is 0 Å². The molecule has 33 heavy (non-hydrogen) atoms. The number of thiocarbonyl (C=S) groups is 1. The summed E-state index contributed by atoms with van der Waals surface area (Å²) in [5.41, 5.74) is 1.57. The molecule has 2 aromatic carbocycles. The van der Waals surface area contributed by atoms with Crippen molar-refractivity contribution in [2.75, 3.05) is 38.2 Å². The fraction of sp³-hybridized carbons (Fsp3) is 0.400. The van der Waals surface area contributed by atoms with Gasteiger partial charge >= 0.3 is 0 Å². The summed E-state index contributed by atoms with van der Waals surface area (Å²) in [6.45, 7) is 5.06. The third kappa shape index (κ3) is 7.54. The van der Waals surface area contributed by atoms with Gasteiger partial charge in [-0.3, -0.25) is 14.9 Å². The molecule has 2 amide bonds. The number of nitrogens with one attached hydrogen (secondary N) is 2. The lowest BCUT2D eigenvalue weighted by molar-refractivity contribution is 0.0762. The second kappa shape index (κ2) is 12.9. The first-order valence-electron chi connectivity index (χ1n) is 11.4. The van der Waals surface area contributed by atoms with E-state index in [1.807, 2.05) is 24.0 Å². The second-order valence-electron chi connectivity index (χ2n) is 7.73. The molecule has 0 saturated carbocycles. The van der Waals surface area contributed by atoms with Gasteiger partial charge in [0.2, 0.25) is 0 Å². The van der Waals surface area contributed by atoms with Crippen LogP contribution in [0, 0.1) is 0 Å². The number of carbonyl (C=O) groups is 2. The molecule has 0 radical (unpaired) electrons. The van der Waals surface area contributed by atoms with E-state index < -0.39 is 0 Å². The van der Waals surface area contributed by atoms with Crippen molar-refractivity contribution in [3.05, 3.63) is 59.7 Å². The third-order valence-corrected chi connectivity index (χ3v) is 5.55. The Balaban J connectivity index is 1.57. The molecule has 0 aromatic heterocycles. The number of ether oxygens (including phenoxy) is 2. The summed E-state index contributed by atoms with van der Waals surface area (Å²) in [6, 6.07) is 14.0. The summed E-state index contributed by atoms with van der Waals surface area (Å²) in [5.74, 6) is 0.298. The summed E-state index contributed by atoms with van der Waals surface area (Å²) in [6.07, 6.45) is 4.35. The molecule has 176 valence electrons. The molecule has 0 spiro atoms. The van der Waals surface area contributed by atoms with E-state index in [4.69, 9.17) is 21.7 Å². The van der Waals surface area contributed by atoms with Gasteiger partial charge in [-0.1, -0.05) is 25.0 Å². The van der Waals surface area contributed by atoms with Gasteiger partial charge in [0.1, 0.15) is 12.4 Å². The van der Waals surface area contributed by atoms with Crippen LogP contribution in [0.15, 0.2) is 48.5 Å². The van der Waals surface area contributed by atoms with Crippen LogP contribution >= 0.6 is 12.2 Å². The van der Waals surface area contributed by atoms with E-state index in [-0.39, 0.29) is 16.9 Å². The van der Waals surface area contributed by atoms with Crippen LogP contribution in [0.2, 0.25) is 0 Å². The van der Waals surface area contributed by atoms with Crippen LogP contribution in [0.5, 0.6) is 5.75 Å². The van der Waals surface area contributed by atoms with Crippen molar-refractivity contribution < 1.29 is 19.1 Å². The molecule has 3 rings (SSSR count). The van der Waals surface area contributed by atoms with E-state index in [0.717, 1.165) is 38.8 Å². The van der Waals surface area contributed by atoms with E-state index in [9.17, 15) is 9.59 Å². The maximum Gasteiger partial charge on any atom is 0.257 e. The molecule has 2 aromatic rings. The number of carbonyl (C=O) groups excluding carboxylic acids is 2. The standard InChI is InChI=1S/C25H31N3O4S/c1-2-31-17-18-32-20-13-11-19(12-14-20)23(29)27-25(33)26-22-10-6-5-9-21(22)24(30)28-15-7-3-4-8-16-28/h5-6,9-14H,2-4,7-8,15-18H2,1H3,(H2,26,27,29,33). The molecule has 1 heterocycles. The fourth-order valence-corrected chi connectivity index (χ4v) is 3.82. The van der Waals surface area contributed by atoms with Crippen LogP contribution in [-0.4, -0.2) is 54.7 Å². The van der Waals surface area contributed by atoms with Crippen molar-refractivity contribution in [1.29, 1.82) is 0 Å². The first kappa shape index (κ1) is 24.7. The van der Waals surface area contributed by atoms with E-state index in [2.05, 4.69) is 10.6 Å². The largest absolute Gasteiger partial charge is 0.491 e. The van der Waals surface area contributed by atoms with Gasteiger partial charge in [-0.15, -0.1) is 0 Å². The van der Waals surface area contributed by atoms with E-state index in [0.29, 0.717) is 42.4 Å². The first-order chi connectivity index (χ1) is 16.1. The lowest BCUT2D eigenvalue weighted by atomic mass is 10.1. The number of hydrogen-bond donors (Lipinski definition) is 2. The average molecular weight is 470 g/mol. The normalized spacial score (nSPS) is 13.7. The monoisotopic (exact) mass is 469 g/mol. The highest BCUT2D eigenvalue weighted by Crippen LogP contribution is 2.20. The zero-order valence-electron chi connectivity index (χ0n) is 19.0. The van der Waals surface area contributed by atoms with Crippen molar-refractivity contribution in [1.82, 2.24) is 10.2 Å². The SMILES string of the molecule is CCOCCOc1ccc(C(=O)NC(=S)Nc2ccccc2C(=O)N2CCCCCC2)cc1. The molecule has 1 fully saturated rings. The van der Waals surface area contributed by atoms with Crippen molar-refractivity contribution in [2.24, 2.45) is 0 Å². The molecule has 1 aliphatic heterocycles. The highest BCUT2D eigenvalue weighted by molar-refractivity contribution is 7.80. The predicted octanol–water partition coefficient (Wildman–Crippen LogP) is 4.24. The molecule has 1 saturated heterocycles. The molecule has 0 bridgehead atoms. The predicted molar refractivity (Wildman–Crippen MR) is 133 cm³/mol. The molecule has 0 atom stereocenters. The number of para-hydroxylation sites is 1. The summed E-state index contributed by atoms with van der Waals surface area (Å²) in [7, 11) is 0. The number of benzene rings is 2. The van der Waals surface area contributed by atoms with Gasteiger partial charge in [0.05, 0.1) is 17.9 Å². The topological polar surface area (TPSA) is 79.9 Å². The van der Waals surface area contributed by atoms with Gasteiger partial charge in [-0.2, -0.15) is 0 Å². The van der Waals surface area contributed by atoms with Crippen molar-refractivity contribution >= 4 is 34.8 Å². The number of rotatable bonds is 8. The zero-order valence-corrected chi connectivity index (χ0v) is 19.8. The fourth-order valence-electron chi connectivity index (χ4n) is 3.62. The Kier molecular flexibility index (Phi) is 9.65. The minimum absolute atomic E-state index is 0.0194. The van der Waals surface area contributed by atoms with Crippen LogP contribution in [0.4, 0.5) is 5.69 Å². The Hall–Kier alpha value is -2.97. The van der Waals surface area contributed by atoms with Crippen molar-refractivity contribution in [3.63, 3.8) is 0 Å². The molecule has 1 aliphatic rings. The summed E-state index contributed by atoms with van der Waals surface area (Å²) in [5, 5.41) is 5.82. The van der Waals surface area contributed by atoms with Crippen LogP contribution < -0.4 is 15.4 Å². The van der Waals surface area contributed by atoms with Crippen LogP contribution in [0.1, 0.15) is 53.3 Å². The lowest BCUT2D eigenvalue weighted by Crippen LogP contribution is -2.36. The van der Waals surface area contributed by atoms with Crippen molar-refractivity contribution in [3.8, 4) is 5.75 Å². The minimum Gasteiger partial charge on any atom is -0.491 e. The molecule has 8 heteroatoms. The Morgan fingerprint density at radius 2 is 1.67 bits per heavy atom. The maximum atomic E-state index is 13.1. The quantitative estimate of drug-likeness (QED) is 0.445. The van der Waals surface area contributed by atoms with Gasteiger partial charge < -0.3 is 19.7 Å². The Morgan fingerprint density at radius 1 is 0.970 bits per heavy atom. The van der Waals surface area contributed by atoms with Crippen LogP contribution in [0.3, 0.4) is 0 Å². The van der Waals surface area contributed by atoms with Gasteiger partial charge in [-0.25, -0.2) is 0 Å². The number of likely N-dealkylation sites (tertiary alicyclic amines) is 1. The number of hydrogen-bond acceptors (Lipinski definition) is 5. The minimum atomic E-state index is -0.343. The van der Waals surface area contributed by atoms with Gasteiger partial charge in [0.15, 0.2) is 5.11 Å². The molecule has 0 unspecified atom stereocenters. The van der Waals surface area contributed by atoms with Crippen LogP contribution in [-0.2, 0) is 4.74 Å². The van der Waals surface area contributed by atoms with Gasteiger partial charge in [-0.05, 0) is 68.4 Å². The summed E-state index contributed by atoms with van der Waals surface area (Å²) < 4.78 is 10.8. The highest BCUT2D eigenvalue weighted by Gasteiger charge is 2.20. The molecule has 7 nitrogen and oxygen atoms in total. The highest BCUT2D eigenvalue weighted by atomic mass is 32.1. The molecule has 0 aliphatic carbocycles. The second-order valence-corrected chi connectivity index (χ2v) is 8.14. The number of amides is 2.